The number of aromatic nitrogens is 2. The van der Waals surface area contributed by atoms with Crippen molar-refractivity contribution < 1.29 is 9.53 Å². The van der Waals surface area contributed by atoms with E-state index in [2.05, 4.69) is 15.3 Å². The van der Waals surface area contributed by atoms with Crippen molar-refractivity contribution in [3.05, 3.63) is 82.2 Å². The highest BCUT2D eigenvalue weighted by Gasteiger charge is 2.15. The van der Waals surface area contributed by atoms with E-state index >= 15 is 0 Å². The van der Waals surface area contributed by atoms with E-state index in [1.165, 1.54) is 0 Å². The molecule has 0 radical (unpaired) electrons. The maximum absolute atomic E-state index is 12.5. The van der Waals surface area contributed by atoms with Crippen LogP contribution in [0.2, 0.25) is 10.0 Å². The minimum Gasteiger partial charge on any atom is -0.437 e. The van der Waals surface area contributed by atoms with Gasteiger partial charge in [-0.05, 0) is 48.0 Å². The molecule has 3 aromatic rings. The molecule has 0 fully saturated rings. The third-order valence-electron chi connectivity index (χ3n) is 3.32. The van der Waals surface area contributed by atoms with E-state index in [0.717, 1.165) is 5.56 Å². The van der Waals surface area contributed by atoms with E-state index in [1.807, 2.05) is 12.1 Å². The Morgan fingerprint density at radius 1 is 1.08 bits per heavy atom. The van der Waals surface area contributed by atoms with Gasteiger partial charge in [0.15, 0.2) is 0 Å². The lowest BCUT2D eigenvalue weighted by molar-refractivity contribution is 0.0948. The molecule has 0 bridgehead atoms. The van der Waals surface area contributed by atoms with Gasteiger partial charge in [0.25, 0.3) is 5.91 Å². The summed E-state index contributed by atoms with van der Waals surface area (Å²) in [6, 6.07) is 11.8. The van der Waals surface area contributed by atoms with Crippen LogP contribution >= 0.6 is 23.2 Å². The number of rotatable bonds is 5. The molecule has 7 heteroatoms. The second kappa shape index (κ2) is 7.96. The first-order valence-electron chi connectivity index (χ1n) is 7.38. The summed E-state index contributed by atoms with van der Waals surface area (Å²) in [6.45, 7) is 0.372. The molecule has 0 spiro atoms. The molecule has 1 amide bonds. The van der Waals surface area contributed by atoms with Gasteiger partial charge in [-0.1, -0.05) is 23.2 Å². The maximum atomic E-state index is 12.5. The average molecular weight is 374 g/mol. The number of hydrogen-bond donors (Lipinski definition) is 1. The highest BCUT2D eigenvalue weighted by atomic mass is 35.5. The Bertz CT molecular complexity index is 888. The lowest BCUT2D eigenvalue weighted by atomic mass is 10.2. The van der Waals surface area contributed by atoms with Gasteiger partial charge in [-0.3, -0.25) is 9.78 Å². The topological polar surface area (TPSA) is 64.1 Å². The molecule has 0 atom stereocenters. The van der Waals surface area contributed by atoms with Gasteiger partial charge in [-0.25, -0.2) is 4.98 Å². The van der Waals surface area contributed by atoms with E-state index in [4.69, 9.17) is 27.9 Å². The van der Waals surface area contributed by atoms with Gasteiger partial charge in [0.05, 0.1) is 5.02 Å². The summed E-state index contributed by atoms with van der Waals surface area (Å²) >= 11 is 12.0. The standard InChI is InChI=1S/C18H13Cl2N3O2/c19-13-3-4-16(15(20)10-13)25-18-14(2-1-7-22-18)17(24)23-11-12-5-8-21-9-6-12/h1-10H,11H2,(H,23,24). The summed E-state index contributed by atoms with van der Waals surface area (Å²) in [6.07, 6.45) is 4.88. The number of hydrogen-bond acceptors (Lipinski definition) is 4. The fraction of sp³-hybridized carbons (Fsp3) is 0.0556. The number of pyridine rings is 2. The first-order chi connectivity index (χ1) is 12.1. The molecule has 25 heavy (non-hydrogen) atoms. The first-order valence-corrected chi connectivity index (χ1v) is 8.14. The molecule has 0 saturated heterocycles. The fourth-order valence-electron chi connectivity index (χ4n) is 2.09. The number of carbonyl (C=O) groups excluding carboxylic acids is 1. The van der Waals surface area contributed by atoms with E-state index in [0.29, 0.717) is 27.9 Å². The Labute approximate surface area is 154 Å². The molecule has 0 saturated carbocycles. The van der Waals surface area contributed by atoms with E-state index < -0.39 is 0 Å². The minimum absolute atomic E-state index is 0.166. The fourth-order valence-corrected chi connectivity index (χ4v) is 2.53. The van der Waals surface area contributed by atoms with Crippen LogP contribution in [-0.2, 0) is 6.54 Å². The molecule has 2 aromatic heterocycles. The summed E-state index contributed by atoms with van der Waals surface area (Å²) in [5.41, 5.74) is 1.25. The molecule has 1 aromatic carbocycles. The SMILES string of the molecule is O=C(NCc1ccncc1)c1cccnc1Oc1ccc(Cl)cc1Cl. The Morgan fingerprint density at radius 2 is 1.88 bits per heavy atom. The normalized spacial score (nSPS) is 10.3. The van der Waals surface area contributed by atoms with Crippen molar-refractivity contribution in [2.45, 2.75) is 6.54 Å². The second-order valence-electron chi connectivity index (χ2n) is 5.07. The van der Waals surface area contributed by atoms with Crippen molar-refractivity contribution >= 4 is 29.1 Å². The molecule has 0 aliphatic rings. The molecule has 0 unspecified atom stereocenters. The van der Waals surface area contributed by atoms with E-state index in [1.54, 1.807) is 48.9 Å². The maximum Gasteiger partial charge on any atom is 0.257 e. The van der Waals surface area contributed by atoms with Crippen molar-refractivity contribution in [3.8, 4) is 11.6 Å². The van der Waals surface area contributed by atoms with Crippen LogP contribution in [0.15, 0.2) is 61.1 Å². The lowest BCUT2D eigenvalue weighted by Crippen LogP contribution is -2.23. The number of nitrogens with one attached hydrogen (secondary N) is 1. The predicted molar refractivity (Wildman–Crippen MR) is 96.2 cm³/mol. The molecular formula is C18H13Cl2N3O2. The van der Waals surface area contributed by atoms with Gasteiger partial charge < -0.3 is 10.1 Å². The number of halogens is 2. The molecule has 5 nitrogen and oxygen atoms in total. The summed E-state index contributed by atoms with van der Waals surface area (Å²) in [5, 5.41) is 3.65. The number of nitrogens with zero attached hydrogens (tertiary/aromatic N) is 2. The summed E-state index contributed by atoms with van der Waals surface area (Å²) in [4.78, 5) is 20.5. The highest BCUT2D eigenvalue weighted by Crippen LogP contribution is 2.32. The quantitative estimate of drug-likeness (QED) is 0.714. The first kappa shape index (κ1) is 17.2. The van der Waals surface area contributed by atoms with Crippen LogP contribution in [0.4, 0.5) is 0 Å². The predicted octanol–water partition coefficient (Wildman–Crippen LogP) is 4.51. The smallest absolute Gasteiger partial charge is 0.257 e. The van der Waals surface area contributed by atoms with E-state index in [9.17, 15) is 4.79 Å². The van der Waals surface area contributed by atoms with Gasteiger partial charge in [-0.15, -0.1) is 0 Å². The largest absolute Gasteiger partial charge is 0.437 e. The van der Waals surface area contributed by atoms with Crippen LogP contribution in [0.1, 0.15) is 15.9 Å². The third kappa shape index (κ3) is 4.47. The number of amides is 1. The summed E-state index contributed by atoms with van der Waals surface area (Å²) < 4.78 is 5.70. The monoisotopic (exact) mass is 373 g/mol. The summed E-state index contributed by atoms with van der Waals surface area (Å²) in [5.74, 6) is 0.233. The van der Waals surface area contributed by atoms with Crippen LogP contribution in [0, 0.1) is 0 Å². The molecule has 2 heterocycles. The van der Waals surface area contributed by atoms with Gasteiger partial charge in [-0.2, -0.15) is 0 Å². The Hall–Kier alpha value is -2.63. The number of ether oxygens (including phenoxy) is 1. The molecular weight excluding hydrogens is 361 g/mol. The van der Waals surface area contributed by atoms with Crippen LogP contribution in [0.3, 0.4) is 0 Å². The third-order valence-corrected chi connectivity index (χ3v) is 3.85. The Kier molecular flexibility index (Phi) is 5.48. The zero-order valence-corrected chi connectivity index (χ0v) is 14.5. The van der Waals surface area contributed by atoms with Crippen LogP contribution in [0.25, 0.3) is 0 Å². The molecule has 1 N–H and O–H groups in total. The van der Waals surface area contributed by atoms with Crippen molar-refractivity contribution in [3.63, 3.8) is 0 Å². The van der Waals surface area contributed by atoms with Crippen LogP contribution in [0.5, 0.6) is 11.6 Å². The number of carbonyl (C=O) groups is 1. The average Bonchev–Trinajstić information content (AvgIpc) is 2.63. The molecule has 126 valence electrons. The van der Waals surface area contributed by atoms with Crippen LogP contribution < -0.4 is 10.1 Å². The Morgan fingerprint density at radius 3 is 2.64 bits per heavy atom. The van der Waals surface area contributed by atoms with Gasteiger partial charge in [0.1, 0.15) is 11.3 Å². The van der Waals surface area contributed by atoms with Crippen molar-refractivity contribution in [2.24, 2.45) is 0 Å². The Balaban J connectivity index is 1.77. The van der Waals surface area contributed by atoms with Crippen molar-refractivity contribution in [2.75, 3.05) is 0 Å². The van der Waals surface area contributed by atoms with Crippen molar-refractivity contribution in [1.82, 2.24) is 15.3 Å². The summed E-state index contributed by atoms with van der Waals surface area (Å²) in [7, 11) is 0. The van der Waals surface area contributed by atoms with Gasteiger partial charge >= 0.3 is 0 Å². The lowest BCUT2D eigenvalue weighted by Gasteiger charge is -2.11. The zero-order chi connectivity index (χ0) is 17.6. The van der Waals surface area contributed by atoms with E-state index in [-0.39, 0.29) is 11.8 Å². The zero-order valence-electron chi connectivity index (χ0n) is 12.9. The minimum atomic E-state index is -0.301. The number of benzene rings is 1. The highest BCUT2D eigenvalue weighted by molar-refractivity contribution is 6.35. The molecule has 0 aliphatic heterocycles. The van der Waals surface area contributed by atoms with Crippen molar-refractivity contribution in [1.29, 1.82) is 0 Å². The van der Waals surface area contributed by atoms with Gasteiger partial charge in [0.2, 0.25) is 5.88 Å². The van der Waals surface area contributed by atoms with Gasteiger partial charge in [0, 0.05) is 30.2 Å². The molecule has 3 rings (SSSR count). The second-order valence-corrected chi connectivity index (χ2v) is 5.91. The van der Waals surface area contributed by atoms with Crippen LogP contribution in [-0.4, -0.2) is 15.9 Å². The molecule has 0 aliphatic carbocycles.